The van der Waals surface area contributed by atoms with Crippen molar-refractivity contribution >= 4 is 11.7 Å². The summed E-state index contributed by atoms with van der Waals surface area (Å²) in [4.78, 5) is 28.9. The van der Waals surface area contributed by atoms with E-state index in [9.17, 15) is 9.59 Å². The van der Waals surface area contributed by atoms with Gasteiger partial charge in [0.1, 0.15) is 5.69 Å². The molecule has 0 unspecified atom stereocenters. The van der Waals surface area contributed by atoms with Crippen LogP contribution in [0.3, 0.4) is 0 Å². The van der Waals surface area contributed by atoms with E-state index in [1.807, 2.05) is 20.8 Å². The smallest absolute Gasteiger partial charge is 0.270 e. The predicted octanol–water partition coefficient (Wildman–Crippen LogP) is 1.70. The van der Waals surface area contributed by atoms with E-state index in [4.69, 9.17) is 4.74 Å². The largest absolute Gasteiger partial charge is 0.375 e. The number of ether oxygens (including phenoxy) is 1. The summed E-state index contributed by atoms with van der Waals surface area (Å²) in [5.74, 6) is -0.0658. The van der Waals surface area contributed by atoms with Crippen molar-refractivity contribution in [2.45, 2.75) is 33.8 Å². The summed E-state index contributed by atoms with van der Waals surface area (Å²) in [6.45, 7) is 8.86. The number of nitrogens with zero attached hydrogens (tertiary/aromatic N) is 1. The molecule has 0 radical (unpaired) electrons. The van der Waals surface area contributed by atoms with Crippen LogP contribution in [0.5, 0.6) is 0 Å². The van der Waals surface area contributed by atoms with Crippen LogP contribution >= 0.6 is 0 Å². The van der Waals surface area contributed by atoms with E-state index in [1.165, 1.54) is 6.92 Å². The average Bonchev–Trinajstić information content (AvgIpc) is 2.63. The van der Waals surface area contributed by atoms with Crippen molar-refractivity contribution in [2.75, 3.05) is 19.7 Å². The van der Waals surface area contributed by atoms with Crippen molar-refractivity contribution < 1.29 is 14.3 Å². The van der Waals surface area contributed by atoms with Gasteiger partial charge in [0.2, 0.25) is 0 Å². The van der Waals surface area contributed by atoms with Crippen molar-refractivity contribution in [3.05, 3.63) is 22.5 Å². The lowest BCUT2D eigenvalue weighted by Crippen LogP contribution is -2.44. The summed E-state index contributed by atoms with van der Waals surface area (Å²) in [5, 5.41) is 0. The number of nitrogens with one attached hydrogen (secondary N) is 1. The maximum absolute atomic E-state index is 12.5. The number of H-pyrrole nitrogens is 1. The molecule has 19 heavy (non-hydrogen) atoms. The van der Waals surface area contributed by atoms with Crippen LogP contribution in [-0.2, 0) is 4.74 Å². The van der Waals surface area contributed by atoms with Gasteiger partial charge in [-0.15, -0.1) is 0 Å². The van der Waals surface area contributed by atoms with Crippen molar-refractivity contribution in [2.24, 2.45) is 0 Å². The lowest BCUT2D eigenvalue weighted by atomic mass is 10.1. The molecule has 2 rings (SSSR count). The van der Waals surface area contributed by atoms with E-state index in [1.54, 1.807) is 4.90 Å². The van der Waals surface area contributed by atoms with Gasteiger partial charge in [-0.3, -0.25) is 9.59 Å². The van der Waals surface area contributed by atoms with E-state index < -0.39 is 0 Å². The molecule has 104 valence electrons. The molecular formula is C14H20N2O3. The Bertz CT molecular complexity index is 519. The first-order chi connectivity index (χ1) is 8.91. The lowest BCUT2D eigenvalue weighted by Gasteiger charge is -2.31. The minimum Gasteiger partial charge on any atom is -0.375 e. The first kappa shape index (κ1) is 13.8. The second kappa shape index (κ2) is 5.17. The van der Waals surface area contributed by atoms with E-state index in [0.29, 0.717) is 31.0 Å². The van der Waals surface area contributed by atoms with Gasteiger partial charge >= 0.3 is 0 Å². The van der Waals surface area contributed by atoms with Gasteiger partial charge in [0.15, 0.2) is 5.78 Å². The van der Waals surface area contributed by atoms with Gasteiger partial charge in [-0.25, -0.2) is 0 Å². The summed E-state index contributed by atoms with van der Waals surface area (Å²) >= 11 is 0. The van der Waals surface area contributed by atoms with E-state index >= 15 is 0 Å². The highest BCUT2D eigenvalue weighted by atomic mass is 16.5. The zero-order chi connectivity index (χ0) is 14.2. The van der Waals surface area contributed by atoms with E-state index in [0.717, 1.165) is 11.3 Å². The third-order valence-electron chi connectivity index (χ3n) is 3.53. The number of amides is 1. The fourth-order valence-electron chi connectivity index (χ4n) is 2.65. The number of morpholine rings is 1. The van der Waals surface area contributed by atoms with Gasteiger partial charge in [-0.1, -0.05) is 0 Å². The Kier molecular flexibility index (Phi) is 3.75. The van der Waals surface area contributed by atoms with Crippen LogP contribution in [0, 0.1) is 13.8 Å². The Morgan fingerprint density at radius 3 is 2.58 bits per heavy atom. The van der Waals surface area contributed by atoms with Crippen LogP contribution in [0.4, 0.5) is 0 Å². The molecule has 1 N–H and O–H groups in total. The van der Waals surface area contributed by atoms with Crippen LogP contribution in [0.15, 0.2) is 0 Å². The highest BCUT2D eigenvalue weighted by Gasteiger charge is 2.26. The molecule has 1 aromatic rings. The molecule has 1 aliphatic heterocycles. The number of Topliss-reactive ketones (excluding diaryl/α,β-unsaturated/α-hetero) is 1. The summed E-state index contributed by atoms with van der Waals surface area (Å²) in [6.07, 6.45) is 0.0568. The highest BCUT2D eigenvalue weighted by molar-refractivity contribution is 6.02. The van der Waals surface area contributed by atoms with E-state index in [2.05, 4.69) is 4.98 Å². The average molecular weight is 264 g/mol. The first-order valence-corrected chi connectivity index (χ1v) is 6.52. The van der Waals surface area contributed by atoms with Crippen molar-refractivity contribution in [3.8, 4) is 0 Å². The molecule has 1 aromatic heterocycles. The minimum atomic E-state index is -0.0525. The summed E-state index contributed by atoms with van der Waals surface area (Å²) in [5.41, 5.74) is 2.66. The van der Waals surface area contributed by atoms with Crippen LogP contribution in [0.25, 0.3) is 0 Å². The Labute approximate surface area is 112 Å². The number of aromatic amines is 1. The molecule has 1 saturated heterocycles. The fraction of sp³-hybridized carbons (Fsp3) is 0.571. The minimum absolute atomic E-state index is 0.0133. The fourth-order valence-corrected chi connectivity index (χ4v) is 2.65. The third kappa shape index (κ3) is 2.56. The van der Waals surface area contributed by atoms with Crippen LogP contribution in [0.2, 0.25) is 0 Å². The molecule has 0 saturated carbocycles. The van der Waals surface area contributed by atoms with Crippen molar-refractivity contribution in [1.82, 2.24) is 9.88 Å². The molecular weight excluding hydrogens is 244 g/mol. The second-order valence-corrected chi connectivity index (χ2v) is 5.11. The van der Waals surface area contributed by atoms with Crippen LogP contribution in [-0.4, -0.2) is 47.4 Å². The monoisotopic (exact) mass is 264 g/mol. The molecule has 1 aliphatic rings. The molecule has 0 bridgehead atoms. The number of carbonyl (C=O) groups excluding carboxylic acids is 2. The molecule has 1 atom stereocenters. The van der Waals surface area contributed by atoms with Crippen molar-refractivity contribution in [1.29, 1.82) is 0 Å². The first-order valence-electron chi connectivity index (χ1n) is 6.52. The normalized spacial score (nSPS) is 19.6. The van der Waals surface area contributed by atoms with Gasteiger partial charge in [0, 0.05) is 24.3 Å². The number of ketones is 1. The Hall–Kier alpha value is -1.62. The number of carbonyl (C=O) groups is 2. The van der Waals surface area contributed by atoms with Gasteiger partial charge in [0.05, 0.1) is 12.7 Å². The number of hydrogen-bond acceptors (Lipinski definition) is 3. The quantitative estimate of drug-likeness (QED) is 0.827. The zero-order valence-electron chi connectivity index (χ0n) is 11.9. The van der Waals surface area contributed by atoms with E-state index in [-0.39, 0.29) is 17.8 Å². The van der Waals surface area contributed by atoms with Crippen LogP contribution < -0.4 is 0 Å². The Balaban J connectivity index is 2.29. The molecule has 5 nitrogen and oxygen atoms in total. The Morgan fingerprint density at radius 1 is 1.37 bits per heavy atom. The number of hydrogen-bond donors (Lipinski definition) is 1. The standard InChI is InChI=1S/C14H20N2O3/c1-8-7-16(5-6-19-8)14(18)13-9(2)12(11(4)17)10(3)15-13/h8,15H,5-7H2,1-4H3/t8-/m0/s1. The summed E-state index contributed by atoms with van der Waals surface area (Å²) < 4.78 is 5.43. The highest BCUT2D eigenvalue weighted by Crippen LogP contribution is 2.20. The number of aromatic nitrogens is 1. The van der Waals surface area contributed by atoms with Gasteiger partial charge in [0.25, 0.3) is 5.91 Å². The maximum atomic E-state index is 12.5. The molecule has 0 spiro atoms. The van der Waals surface area contributed by atoms with Gasteiger partial charge in [-0.05, 0) is 33.3 Å². The number of aryl methyl sites for hydroxylation is 1. The molecule has 1 amide bonds. The summed E-state index contributed by atoms with van der Waals surface area (Å²) in [7, 11) is 0. The molecule has 0 aliphatic carbocycles. The predicted molar refractivity (Wildman–Crippen MR) is 71.6 cm³/mol. The third-order valence-corrected chi connectivity index (χ3v) is 3.53. The topological polar surface area (TPSA) is 62.4 Å². The molecule has 5 heteroatoms. The lowest BCUT2D eigenvalue weighted by molar-refractivity contribution is -0.0126. The second-order valence-electron chi connectivity index (χ2n) is 5.11. The van der Waals surface area contributed by atoms with Gasteiger partial charge in [-0.2, -0.15) is 0 Å². The van der Waals surface area contributed by atoms with Crippen molar-refractivity contribution in [3.63, 3.8) is 0 Å². The molecule has 0 aromatic carbocycles. The number of rotatable bonds is 2. The molecule has 2 heterocycles. The SMILES string of the molecule is CC(=O)c1c(C)[nH]c(C(=O)N2CCO[C@@H](C)C2)c1C. The summed E-state index contributed by atoms with van der Waals surface area (Å²) in [6, 6.07) is 0. The maximum Gasteiger partial charge on any atom is 0.270 e. The van der Waals surface area contributed by atoms with Crippen LogP contribution in [0.1, 0.15) is 46.0 Å². The van der Waals surface area contributed by atoms with Gasteiger partial charge < -0.3 is 14.6 Å². The Morgan fingerprint density at radius 2 is 2.05 bits per heavy atom. The molecule has 1 fully saturated rings. The zero-order valence-corrected chi connectivity index (χ0v) is 11.9.